The van der Waals surface area contributed by atoms with Crippen LogP contribution in [0.1, 0.15) is 19.3 Å². The van der Waals surface area contributed by atoms with Crippen molar-refractivity contribution in [3.05, 3.63) is 29.3 Å². The molecular formula is C20H28ClN3O2. The average Bonchev–Trinajstić information content (AvgIpc) is 3.25. The van der Waals surface area contributed by atoms with Crippen molar-refractivity contribution in [2.75, 3.05) is 39.3 Å². The van der Waals surface area contributed by atoms with E-state index in [1.807, 2.05) is 29.2 Å². The van der Waals surface area contributed by atoms with Gasteiger partial charge in [0.1, 0.15) is 12.4 Å². The summed E-state index contributed by atoms with van der Waals surface area (Å²) in [7, 11) is 0. The number of hydrogen-bond donors (Lipinski definition) is 1. The quantitative estimate of drug-likeness (QED) is 0.854. The minimum atomic E-state index is 0.0730. The van der Waals surface area contributed by atoms with E-state index in [-0.39, 0.29) is 12.0 Å². The molecule has 1 heterocycles. The van der Waals surface area contributed by atoms with E-state index in [0.29, 0.717) is 29.4 Å². The lowest BCUT2D eigenvalue weighted by atomic mass is 9.84. The van der Waals surface area contributed by atoms with Gasteiger partial charge in [-0.05, 0) is 43.2 Å². The first-order chi connectivity index (χ1) is 12.6. The van der Waals surface area contributed by atoms with Gasteiger partial charge in [0, 0.05) is 38.8 Å². The van der Waals surface area contributed by atoms with Gasteiger partial charge in [0.15, 0.2) is 0 Å². The first-order valence-corrected chi connectivity index (χ1v) is 10.2. The number of para-hydroxylation sites is 1. The molecule has 2 bridgehead atoms. The summed E-state index contributed by atoms with van der Waals surface area (Å²) in [5.74, 6) is 2.22. The number of carbonyl (C=O) groups excluding carboxylic acids is 1. The average molecular weight is 378 g/mol. The van der Waals surface area contributed by atoms with E-state index in [2.05, 4.69) is 4.90 Å². The van der Waals surface area contributed by atoms with Crippen LogP contribution in [0.5, 0.6) is 5.75 Å². The molecule has 0 spiro atoms. The lowest BCUT2D eigenvalue weighted by molar-refractivity contribution is -0.139. The molecule has 3 aliphatic rings. The topological polar surface area (TPSA) is 58.8 Å². The van der Waals surface area contributed by atoms with Gasteiger partial charge in [-0.1, -0.05) is 23.7 Å². The highest BCUT2D eigenvalue weighted by molar-refractivity contribution is 6.32. The van der Waals surface area contributed by atoms with E-state index in [1.54, 1.807) is 0 Å². The summed E-state index contributed by atoms with van der Waals surface area (Å²) in [4.78, 5) is 17.3. The zero-order valence-corrected chi connectivity index (χ0v) is 15.9. The lowest BCUT2D eigenvalue weighted by Crippen LogP contribution is -2.54. The Hall–Kier alpha value is -1.30. The largest absolute Gasteiger partial charge is 0.491 e. The van der Waals surface area contributed by atoms with Gasteiger partial charge >= 0.3 is 0 Å². The second-order valence-electron chi connectivity index (χ2n) is 7.88. The van der Waals surface area contributed by atoms with Crippen LogP contribution in [-0.2, 0) is 4.79 Å². The van der Waals surface area contributed by atoms with Crippen molar-refractivity contribution in [2.24, 2.45) is 23.5 Å². The summed E-state index contributed by atoms with van der Waals surface area (Å²) >= 11 is 6.11. The fraction of sp³-hybridized carbons (Fsp3) is 0.650. The minimum Gasteiger partial charge on any atom is -0.491 e. The molecule has 2 aliphatic carbocycles. The Morgan fingerprint density at radius 3 is 2.58 bits per heavy atom. The molecule has 5 nitrogen and oxygen atoms in total. The molecule has 0 aromatic heterocycles. The van der Waals surface area contributed by atoms with Gasteiger partial charge in [-0.25, -0.2) is 0 Å². The van der Waals surface area contributed by atoms with Gasteiger partial charge in [0.25, 0.3) is 0 Å². The molecule has 1 aromatic carbocycles. The number of benzene rings is 1. The molecule has 3 fully saturated rings. The summed E-state index contributed by atoms with van der Waals surface area (Å²) in [6.07, 6.45) is 3.57. The van der Waals surface area contributed by atoms with Gasteiger partial charge in [-0.3, -0.25) is 9.69 Å². The number of nitrogens with two attached hydrogens (primary N) is 1. The van der Waals surface area contributed by atoms with Gasteiger partial charge < -0.3 is 15.4 Å². The van der Waals surface area contributed by atoms with Crippen LogP contribution in [0.2, 0.25) is 5.02 Å². The second-order valence-corrected chi connectivity index (χ2v) is 8.29. The van der Waals surface area contributed by atoms with Crippen molar-refractivity contribution in [1.82, 2.24) is 9.80 Å². The molecule has 1 aliphatic heterocycles. The van der Waals surface area contributed by atoms with E-state index >= 15 is 0 Å². The Kier molecular flexibility index (Phi) is 5.39. The summed E-state index contributed by atoms with van der Waals surface area (Å²) < 4.78 is 5.77. The standard InChI is InChI=1S/C20H28ClN3O2/c21-16-3-1-2-4-17(16)26-12-11-23-7-9-24(10-8-23)20(25)18-14-5-6-15(13-14)19(18)22/h1-4,14-15,18-19H,5-13,22H2. The Morgan fingerprint density at radius 2 is 1.88 bits per heavy atom. The van der Waals surface area contributed by atoms with Crippen LogP contribution in [0.25, 0.3) is 0 Å². The summed E-state index contributed by atoms with van der Waals surface area (Å²) in [5, 5.41) is 0.644. The highest BCUT2D eigenvalue weighted by Gasteiger charge is 2.50. The van der Waals surface area contributed by atoms with Crippen LogP contribution in [-0.4, -0.2) is 61.1 Å². The molecule has 2 N–H and O–H groups in total. The van der Waals surface area contributed by atoms with Crippen molar-refractivity contribution in [3.63, 3.8) is 0 Å². The SMILES string of the molecule is NC1C2CCC(C2)C1C(=O)N1CCN(CCOc2ccccc2Cl)CC1. The molecule has 26 heavy (non-hydrogen) atoms. The Labute approximate surface area is 160 Å². The predicted molar refractivity (Wildman–Crippen MR) is 102 cm³/mol. The van der Waals surface area contributed by atoms with Crippen LogP contribution >= 0.6 is 11.6 Å². The van der Waals surface area contributed by atoms with Crippen LogP contribution in [0.15, 0.2) is 24.3 Å². The zero-order valence-electron chi connectivity index (χ0n) is 15.1. The maximum absolute atomic E-state index is 12.9. The van der Waals surface area contributed by atoms with Crippen LogP contribution in [0.4, 0.5) is 0 Å². The van der Waals surface area contributed by atoms with Crippen LogP contribution in [0, 0.1) is 17.8 Å². The highest BCUT2D eigenvalue weighted by Crippen LogP contribution is 2.48. The fourth-order valence-corrected chi connectivity index (χ4v) is 5.14. The third kappa shape index (κ3) is 3.57. The van der Waals surface area contributed by atoms with E-state index in [4.69, 9.17) is 22.1 Å². The summed E-state index contributed by atoms with van der Waals surface area (Å²) in [5.41, 5.74) is 6.35. The number of hydrogen-bond acceptors (Lipinski definition) is 4. The minimum absolute atomic E-state index is 0.0730. The molecule has 0 radical (unpaired) electrons. The van der Waals surface area contributed by atoms with Crippen molar-refractivity contribution < 1.29 is 9.53 Å². The second kappa shape index (κ2) is 7.75. The van der Waals surface area contributed by atoms with E-state index in [9.17, 15) is 4.79 Å². The predicted octanol–water partition coefficient (Wildman–Crippen LogP) is 2.24. The first-order valence-electron chi connectivity index (χ1n) is 9.77. The van der Waals surface area contributed by atoms with E-state index < -0.39 is 0 Å². The van der Waals surface area contributed by atoms with Crippen LogP contribution in [0.3, 0.4) is 0 Å². The molecule has 6 heteroatoms. The molecule has 2 saturated carbocycles. The maximum Gasteiger partial charge on any atom is 0.227 e. The van der Waals surface area contributed by atoms with E-state index in [1.165, 1.54) is 12.8 Å². The lowest BCUT2D eigenvalue weighted by Gasteiger charge is -2.38. The van der Waals surface area contributed by atoms with Crippen molar-refractivity contribution in [2.45, 2.75) is 25.3 Å². The summed E-state index contributed by atoms with van der Waals surface area (Å²) in [6, 6.07) is 7.63. The molecule has 1 saturated heterocycles. The molecule has 1 aromatic rings. The normalized spacial score (nSPS) is 31.4. The Morgan fingerprint density at radius 1 is 1.15 bits per heavy atom. The maximum atomic E-state index is 12.9. The molecule has 142 valence electrons. The van der Waals surface area contributed by atoms with Crippen molar-refractivity contribution >= 4 is 17.5 Å². The van der Waals surface area contributed by atoms with Gasteiger partial charge in [-0.15, -0.1) is 0 Å². The van der Waals surface area contributed by atoms with Gasteiger partial charge in [-0.2, -0.15) is 0 Å². The number of rotatable bonds is 5. The molecule has 4 atom stereocenters. The molecular weight excluding hydrogens is 350 g/mol. The first kappa shape index (κ1) is 18.1. The third-order valence-corrected chi connectivity index (χ3v) is 6.76. The van der Waals surface area contributed by atoms with Gasteiger partial charge in [0.05, 0.1) is 10.9 Å². The third-order valence-electron chi connectivity index (χ3n) is 6.45. The zero-order chi connectivity index (χ0) is 18.1. The fourth-order valence-electron chi connectivity index (χ4n) is 4.95. The number of ether oxygens (including phenoxy) is 1. The number of piperazine rings is 1. The van der Waals surface area contributed by atoms with E-state index in [0.717, 1.165) is 44.9 Å². The monoisotopic (exact) mass is 377 g/mol. The Bertz CT molecular complexity index is 646. The number of amides is 1. The number of carbonyl (C=O) groups is 1. The summed E-state index contributed by atoms with van der Waals surface area (Å²) in [6.45, 7) is 4.84. The molecule has 4 unspecified atom stereocenters. The Balaban J connectivity index is 1.22. The van der Waals surface area contributed by atoms with Crippen LogP contribution < -0.4 is 10.5 Å². The molecule has 1 amide bonds. The highest BCUT2D eigenvalue weighted by atomic mass is 35.5. The van der Waals surface area contributed by atoms with Gasteiger partial charge in [0.2, 0.25) is 5.91 Å². The van der Waals surface area contributed by atoms with Crippen molar-refractivity contribution in [3.8, 4) is 5.75 Å². The number of fused-ring (bicyclic) bond motifs is 2. The smallest absolute Gasteiger partial charge is 0.227 e. The van der Waals surface area contributed by atoms with Crippen molar-refractivity contribution in [1.29, 1.82) is 0 Å². The number of nitrogens with zero attached hydrogens (tertiary/aromatic N) is 2. The molecule has 4 rings (SSSR count). The number of halogens is 1.